The molecule has 0 radical (unpaired) electrons. The summed E-state index contributed by atoms with van der Waals surface area (Å²) < 4.78 is 40.3. The Labute approximate surface area is 176 Å². The van der Waals surface area contributed by atoms with Gasteiger partial charge in [-0.3, -0.25) is 0 Å². The second kappa shape index (κ2) is 9.47. The molecule has 2 N–H and O–H groups in total. The van der Waals surface area contributed by atoms with Crippen LogP contribution >= 0.6 is 12.2 Å². The molecule has 29 heavy (non-hydrogen) atoms. The number of aromatic nitrogens is 1. The third-order valence-electron chi connectivity index (χ3n) is 4.68. The van der Waals surface area contributed by atoms with Gasteiger partial charge in [0, 0.05) is 44.6 Å². The van der Waals surface area contributed by atoms with Crippen LogP contribution in [0.1, 0.15) is 5.56 Å². The second-order valence-corrected chi connectivity index (χ2v) is 9.23. The number of hydrogen-bond donors (Lipinski definition) is 2. The number of pyridine rings is 1. The zero-order valence-electron chi connectivity index (χ0n) is 16.1. The van der Waals surface area contributed by atoms with Gasteiger partial charge < -0.3 is 15.5 Å². The summed E-state index contributed by atoms with van der Waals surface area (Å²) in [6.45, 7) is 3.89. The number of benzene rings is 1. The Morgan fingerprint density at radius 2 is 1.97 bits per heavy atom. The van der Waals surface area contributed by atoms with Crippen LogP contribution in [0, 0.1) is 12.7 Å². The van der Waals surface area contributed by atoms with Crippen molar-refractivity contribution in [2.24, 2.45) is 0 Å². The molecule has 1 aliphatic rings. The average Bonchev–Trinajstić information content (AvgIpc) is 2.71. The van der Waals surface area contributed by atoms with Crippen molar-refractivity contribution in [1.29, 1.82) is 0 Å². The molecule has 0 saturated carbocycles. The number of piperazine rings is 1. The fourth-order valence-electron chi connectivity index (χ4n) is 3.00. The summed E-state index contributed by atoms with van der Waals surface area (Å²) in [5.74, 6) is 0.459. The molecule has 1 aromatic heterocycles. The standard InChI is InChI=1S/C19H24FN5O2S2/c1-15-5-6-16(14-17(15)20)23-19(28)22-8-13-29(26,27)25-11-9-24(10-12-25)18-4-2-3-7-21-18/h2-7,14H,8-13H2,1H3,(H2,22,23,28). The monoisotopic (exact) mass is 437 g/mol. The van der Waals surface area contributed by atoms with E-state index in [1.807, 2.05) is 18.2 Å². The van der Waals surface area contributed by atoms with Gasteiger partial charge in [-0.05, 0) is 49.0 Å². The molecule has 1 saturated heterocycles. The molecule has 0 bridgehead atoms. The van der Waals surface area contributed by atoms with Crippen molar-refractivity contribution in [2.45, 2.75) is 6.92 Å². The van der Waals surface area contributed by atoms with E-state index in [0.717, 1.165) is 5.82 Å². The van der Waals surface area contributed by atoms with Crippen molar-refractivity contribution in [1.82, 2.24) is 14.6 Å². The average molecular weight is 438 g/mol. The molecule has 2 heterocycles. The topological polar surface area (TPSA) is 77.6 Å². The van der Waals surface area contributed by atoms with Gasteiger partial charge in [0.05, 0.1) is 5.75 Å². The van der Waals surface area contributed by atoms with Gasteiger partial charge in [-0.25, -0.2) is 17.8 Å². The normalized spacial score (nSPS) is 15.2. The molecule has 2 aromatic rings. The number of thiocarbonyl (C=S) groups is 1. The van der Waals surface area contributed by atoms with Crippen LogP contribution in [0.2, 0.25) is 0 Å². The summed E-state index contributed by atoms with van der Waals surface area (Å²) in [7, 11) is -3.39. The number of halogens is 1. The Morgan fingerprint density at radius 3 is 2.62 bits per heavy atom. The molecule has 1 aromatic carbocycles. The Hall–Kier alpha value is -2.30. The lowest BCUT2D eigenvalue weighted by Crippen LogP contribution is -2.50. The zero-order chi connectivity index (χ0) is 20.9. The number of sulfonamides is 1. The minimum Gasteiger partial charge on any atom is -0.361 e. The lowest BCUT2D eigenvalue weighted by atomic mass is 10.2. The molecular formula is C19H24FN5O2S2. The third kappa shape index (κ3) is 5.84. The number of hydrogen-bond acceptors (Lipinski definition) is 5. The van der Waals surface area contributed by atoms with Crippen molar-refractivity contribution in [2.75, 3.05) is 48.7 Å². The molecule has 10 heteroatoms. The van der Waals surface area contributed by atoms with E-state index in [2.05, 4.69) is 20.5 Å². The van der Waals surface area contributed by atoms with E-state index in [0.29, 0.717) is 37.4 Å². The fraction of sp³-hybridized carbons (Fsp3) is 0.368. The Balaban J connectivity index is 1.44. The molecule has 156 valence electrons. The van der Waals surface area contributed by atoms with Gasteiger partial charge in [-0.15, -0.1) is 0 Å². The van der Waals surface area contributed by atoms with Crippen molar-refractivity contribution in [3.63, 3.8) is 0 Å². The summed E-state index contributed by atoms with van der Waals surface area (Å²) >= 11 is 5.16. The van der Waals surface area contributed by atoms with Gasteiger partial charge in [-0.2, -0.15) is 4.31 Å². The number of nitrogens with zero attached hydrogens (tertiary/aromatic N) is 3. The molecule has 1 aliphatic heterocycles. The molecule has 0 aliphatic carbocycles. The van der Waals surface area contributed by atoms with Gasteiger partial charge in [0.2, 0.25) is 10.0 Å². The van der Waals surface area contributed by atoms with Crippen molar-refractivity contribution < 1.29 is 12.8 Å². The van der Waals surface area contributed by atoms with Crippen LogP contribution in [0.15, 0.2) is 42.6 Å². The van der Waals surface area contributed by atoms with E-state index in [-0.39, 0.29) is 23.2 Å². The Kier molecular flexibility index (Phi) is 6.99. The largest absolute Gasteiger partial charge is 0.361 e. The SMILES string of the molecule is Cc1ccc(NC(=S)NCCS(=O)(=O)N2CCN(c3ccccn3)CC2)cc1F. The van der Waals surface area contributed by atoms with Crippen molar-refractivity contribution >= 4 is 38.9 Å². The molecule has 7 nitrogen and oxygen atoms in total. The van der Waals surface area contributed by atoms with Gasteiger partial charge >= 0.3 is 0 Å². The molecule has 3 rings (SSSR count). The van der Waals surface area contributed by atoms with Crippen LogP contribution in [0.25, 0.3) is 0 Å². The highest BCUT2D eigenvalue weighted by atomic mass is 32.2. The van der Waals surface area contributed by atoms with Crippen LogP contribution in [0.5, 0.6) is 0 Å². The maximum Gasteiger partial charge on any atom is 0.215 e. The van der Waals surface area contributed by atoms with Gasteiger partial charge in [0.1, 0.15) is 11.6 Å². The van der Waals surface area contributed by atoms with Gasteiger partial charge in [-0.1, -0.05) is 12.1 Å². The summed E-state index contributed by atoms with van der Waals surface area (Å²) in [6.07, 6.45) is 1.73. The molecule has 0 spiro atoms. The molecule has 0 amide bonds. The lowest BCUT2D eigenvalue weighted by molar-refractivity contribution is 0.384. The first-order valence-corrected chi connectivity index (χ1v) is 11.3. The van der Waals surface area contributed by atoms with Crippen LogP contribution < -0.4 is 15.5 Å². The Morgan fingerprint density at radius 1 is 1.21 bits per heavy atom. The Bertz CT molecular complexity index is 948. The summed E-state index contributed by atoms with van der Waals surface area (Å²) in [6, 6.07) is 10.4. The van der Waals surface area contributed by atoms with Gasteiger partial charge in [0.15, 0.2) is 5.11 Å². The summed E-state index contributed by atoms with van der Waals surface area (Å²) in [5, 5.41) is 5.98. The molecule has 0 unspecified atom stereocenters. The zero-order valence-corrected chi connectivity index (χ0v) is 17.8. The first kappa shape index (κ1) is 21.4. The number of rotatable bonds is 6. The first-order valence-electron chi connectivity index (χ1n) is 9.30. The first-order chi connectivity index (χ1) is 13.8. The van der Waals surface area contributed by atoms with Crippen molar-refractivity contribution in [3.05, 3.63) is 54.0 Å². The number of nitrogens with one attached hydrogen (secondary N) is 2. The smallest absolute Gasteiger partial charge is 0.215 e. The molecular weight excluding hydrogens is 413 g/mol. The van der Waals surface area contributed by atoms with Crippen LogP contribution in [0.4, 0.5) is 15.9 Å². The molecule has 1 fully saturated rings. The van der Waals surface area contributed by atoms with Crippen molar-refractivity contribution in [3.8, 4) is 0 Å². The van der Waals surface area contributed by atoms with E-state index in [1.165, 1.54) is 10.4 Å². The maximum absolute atomic E-state index is 13.6. The highest BCUT2D eigenvalue weighted by Gasteiger charge is 2.27. The van der Waals surface area contributed by atoms with Crippen LogP contribution in [-0.2, 0) is 10.0 Å². The second-order valence-electron chi connectivity index (χ2n) is 6.73. The third-order valence-corrected chi connectivity index (χ3v) is 6.80. The number of anilines is 2. The van der Waals surface area contributed by atoms with E-state index >= 15 is 0 Å². The van der Waals surface area contributed by atoms with E-state index in [9.17, 15) is 12.8 Å². The number of aryl methyl sites for hydroxylation is 1. The highest BCUT2D eigenvalue weighted by Crippen LogP contribution is 2.15. The predicted octanol–water partition coefficient (Wildman–Crippen LogP) is 1.97. The van der Waals surface area contributed by atoms with E-state index in [4.69, 9.17) is 12.2 Å². The van der Waals surface area contributed by atoms with Crippen LogP contribution in [-0.4, -0.2) is 61.3 Å². The predicted molar refractivity (Wildman–Crippen MR) is 117 cm³/mol. The lowest BCUT2D eigenvalue weighted by Gasteiger charge is -2.34. The van der Waals surface area contributed by atoms with E-state index in [1.54, 1.807) is 25.3 Å². The minimum absolute atomic E-state index is 0.0688. The molecule has 0 atom stereocenters. The fourth-order valence-corrected chi connectivity index (χ4v) is 4.56. The minimum atomic E-state index is -3.39. The van der Waals surface area contributed by atoms with E-state index < -0.39 is 10.0 Å². The summed E-state index contributed by atoms with van der Waals surface area (Å²) in [5.41, 5.74) is 1.06. The maximum atomic E-state index is 13.6. The quantitative estimate of drug-likeness (QED) is 0.669. The highest BCUT2D eigenvalue weighted by molar-refractivity contribution is 7.89. The van der Waals surface area contributed by atoms with Gasteiger partial charge in [0.25, 0.3) is 0 Å². The summed E-state index contributed by atoms with van der Waals surface area (Å²) in [4.78, 5) is 6.38. The van der Waals surface area contributed by atoms with Crippen LogP contribution in [0.3, 0.4) is 0 Å².